The lowest BCUT2D eigenvalue weighted by atomic mass is 10.1. The molecule has 0 spiro atoms. The van der Waals surface area contributed by atoms with Gasteiger partial charge in [-0.05, 0) is 31.0 Å². The first-order valence-electron chi connectivity index (χ1n) is 6.13. The first-order chi connectivity index (χ1) is 9.70. The van der Waals surface area contributed by atoms with Gasteiger partial charge in [0.15, 0.2) is 5.69 Å². The number of hydrogen-bond acceptors (Lipinski definition) is 2. The number of nitrogens with zero attached hydrogens (tertiary/aromatic N) is 2. The summed E-state index contributed by atoms with van der Waals surface area (Å²) in [7, 11) is 0. The fourth-order valence-electron chi connectivity index (χ4n) is 2.11. The molecular weight excluding hydrogens is 285 g/mol. The number of benzene rings is 1. The molecule has 0 saturated heterocycles. The van der Waals surface area contributed by atoms with Gasteiger partial charge in [0, 0.05) is 5.56 Å². The Labute approximate surface area is 118 Å². The smallest absolute Gasteiger partial charge is 0.433 e. The Bertz CT molecular complexity index is 690. The quantitative estimate of drug-likeness (QED) is 0.947. The molecule has 0 aliphatic heterocycles. The summed E-state index contributed by atoms with van der Waals surface area (Å²) >= 11 is 0. The number of carboxylic acid groups (broad SMARTS) is 1. The highest BCUT2D eigenvalue weighted by Crippen LogP contribution is 2.34. The average Bonchev–Trinajstić information content (AvgIpc) is 2.74. The zero-order valence-corrected chi connectivity index (χ0v) is 11.4. The van der Waals surface area contributed by atoms with Crippen LogP contribution in [-0.2, 0) is 17.4 Å². The van der Waals surface area contributed by atoms with E-state index >= 15 is 0 Å². The molecule has 2 aromatic rings. The van der Waals surface area contributed by atoms with Crippen molar-refractivity contribution in [1.29, 1.82) is 0 Å². The van der Waals surface area contributed by atoms with Crippen molar-refractivity contribution in [3.63, 3.8) is 0 Å². The van der Waals surface area contributed by atoms with Gasteiger partial charge in [0.1, 0.15) is 0 Å². The van der Waals surface area contributed by atoms with Gasteiger partial charge < -0.3 is 5.11 Å². The first kappa shape index (κ1) is 15.1. The van der Waals surface area contributed by atoms with E-state index < -0.39 is 24.3 Å². The van der Waals surface area contributed by atoms with Gasteiger partial charge in [-0.15, -0.1) is 0 Å². The van der Waals surface area contributed by atoms with Crippen LogP contribution in [0.4, 0.5) is 13.2 Å². The van der Waals surface area contributed by atoms with Crippen molar-refractivity contribution in [3.8, 4) is 5.69 Å². The van der Waals surface area contributed by atoms with Gasteiger partial charge in [-0.1, -0.05) is 12.1 Å². The number of aromatic nitrogens is 2. The van der Waals surface area contributed by atoms with Gasteiger partial charge in [-0.3, -0.25) is 4.79 Å². The Kier molecular flexibility index (Phi) is 3.76. The predicted octanol–water partition coefficient (Wildman–Crippen LogP) is 3.14. The number of aryl methyl sites for hydroxylation is 2. The fourth-order valence-corrected chi connectivity index (χ4v) is 2.11. The van der Waals surface area contributed by atoms with Crippen molar-refractivity contribution >= 4 is 5.97 Å². The van der Waals surface area contributed by atoms with Gasteiger partial charge in [-0.25, -0.2) is 4.68 Å². The van der Waals surface area contributed by atoms with Crippen molar-refractivity contribution < 1.29 is 23.1 Å². The summed E-state index contributed by atoms with van der Waals surface area (Å²) < 4.78 is 40.5. The molecule has 0 atom stereocenters. The normalized spacial score (nSPS) is 11.7. The number of rotatable bonds is 3. The minimum absolute atomic E-state index is 0.291. The lowest BCUT2D eigenvalue weighted by Gasteiger charge is -2.14. The minimum atomic E-state index is -4.68. The molecular formula is C14H13F3N2O2. The second-order valence-electron chi connectivity index (χ2n) is 4.79. The van der Waals surface area contributed by atoms with E-state index in [9.17, 15) is 18.0 Å². The first-order valence-corrected chi connectivity index (χ1v) is 6.13. The van der Waals surface area contributed by atoms with Gasteiger partial charge in [-0.2, -0.15) is 18.3 Å². The van der Waals surface area contributed by atoms with Crippen LogP contribution < -0.4 is 0 Å². The van der Waals surface area contributed by atoms with Gasteiger partial charge in [0.25, 0.3) is 0 Å². The fraction of sp³-hybridized carbons (Fsp3) is 0.286. The van der Waals surface area contributed by atoms with Crippen LogP contribution >= 0.6 is 0 Å². The maximum absolute atomic E-state index is 13.3. The summed E-state index contributed by atoms with van der Waals surface area (Å²) in [6, 6.07) is 5.07. The van der Waals surface area contributed by atoms with Crippen LogP contribution in [0.2, 0.25) is 0 Å². The third-order valence-corrected chi connectivity index (χ3v) is 3.05. The molecule has 0 saturated carbocycles. The summed E-state index contributed by atoms with van der Waals surface area (Å²) in [6.45, 7) is 3.44. The Morgan fingerprint density at radius 1 is 1.33 bits per heavy atom. The average molecular weight is 298 g/mol. The number of halogens is 3. The lowest BCUT2D eigenvalue weighted by Crippen LogP contribution is -2.17. The van der Waals surface area contributed by atoms with E-state index in [-0.39, 0.29) is 5.56 Å². The predicted molar refractivity (Wildman–Crippen MR) is 69.4 cm³/mol. The minimum Gasteiger partial charge on any atom is -0.481 e. The summed E-state index contributed by atoms with van der Waals surface area (Å²) in [6.07, 6.45) is -4.45. The molecule has 0 radical (unpaired) electrons. The van der Waals surface area contributed by atoms with E-state index in [1.165, 1.54) is 0 Å². The monoisotopic (exact) mass is 298 g/mol. The molecule has 4 nitrogen and oxygen atoms in total. The Balaban J connectivity index is 2.67. The molecule has 1 aromatic heterocycles. The summed E-state index contributed by atoms with van der Waals surface area (Å²) in [5.41, 5.74) is 0.309. The third-order valence-electron chi connectivity index (χ3n) is 3.05. The van der Waals surface area contributed by atoms with E-state index in [1.54, 1.807) is 32.0 Å². The molecule has 7 heteroatoms. The summed E-state index contributed by atoms with van der Waals surface area (Å²) in [5.74, 6) is -1.33. The van der Waals surface area contributed by atoms with Crippen molar-refractivity contribution in [2.24, 2.45) is 0 Å². The maximum atomic E-state index is 13.3. The van der Waals surface area contributed by atoms with Crippen molar-refractivity contribution in [3.05, 3.63) is 46.8 Å². The molecule has 0 aliphatic rings. The summed E-state index contributed by atoms with van der Waals surface area (Å²) in [4.78, 5) is 10.7. The Morgan fingerprint density at radius 3 is 2.57 bits per heavy atom. The maximum Gasteiger partial charge on any atom is 0.433 e. The second kappa shape index (κ2) is 5.23. The van der Waals surface area contributed by atoms with Gasteiger partial charge >= 0.3 is 12.1 Å². The van der Waals surface area contributed by atoms with E-state index in [4.69, 9.17) is 5.11 Å². The SMILES string of the molecule is Cc1ccc(C)c(-n2ncc(CC(=O)O)c2C(F)(F)F)c1. The number of hydrogen-bond donors (Lipinski definition) is 1. The van der Waals surface area contributed by atoms with Crippen molar-refractivity contribution in [2.75, 3.05) is 0 Å². The molecule has 21 heavy (non-hydrogen) atoms. The Morgan fingerprint density at radius 2 is 2.00 bits per heavy atom. The van der Waals surface area contributed by atoms with Crippen LogP contribution in [0.3, 0.4) is 0 Å². The molecule has 1 heterocycles. The van der Waals surface area contributed by atoms with E-state index in [0.717, 1.165) is 16.4 Å². The molecule has 0 fully saturated rings. The van der Waals surface area contributed by atoms with Crippen LogP contribution in [0.1, 0.15) is 22.4 Å². The number of aliphatic carboxylic acids is 1. The number of alkyl halides is 3. The highest BCUT2D eigenvalue weighted by molar-refractivity contribution is 5.70. The molecule has 0 amide bonds. The van der Waals surface area contributed by atoms with Gasteiger partial charge in [0.2, 0.25) is 0 Å². The zero-order valence-electron chi connectivity index (χ0n) is 11.4. The highest BCUT2D eigenvalue weighted by Gasteiger charge is 2.39. The van der Waals surface area contributed by atoms with Crippen LogP contribution in [0, 0.1) is 13.8 Å². The second-order valence-corrected chi connectivity index (χ2v) is 4.79. The summed E-state index contributed by atoms with van der Waals surface area (Å²) in [5, 5.41) is 12.5. The van der Waals surface area contributed by atoms with Crippen LogP contribution in [0.25, 0.3) is 5.69 Å². The molecule has 1 N–H and O–H groups in total. The van der Waals surface area contributed by atoms with Crippen LogP contribution in [-0.4, -0.2) is 20.9 Å². The number of carbonyl (C=O) groups is 1. The number of carboxylic acids is 1. The van der Waals surface area contributed by atoms with E-state index in [1.807, 2.05) is 0 Å². The zero-order chi connectivity index (χ0) is 15.8. The molecule has 0 aliphatic carbocycles. The van der Waals surface area contributed by atoms with E-state index in [2.05, 4.69) is 5.10 Å². The standard InChI is InChI=1S/C14H13F3N2O2/c1-8-3-4-9(2)11(5-8)19-13(14(15,16)17)10(7-18-19)6-12(20)21/h3-5,7H,6H2,1-2H3,(H,20,21). The molecule has 0 unspecified atom stereocenters. The van der Waals surface area contributed by atoms with E-state index in [0.29, 0.717) is 11.3 Å². The van der Waals surface area contributed by atoms with Crippen molar-refractivity contribution in [1.82, 2.24) is 9.78 Å². The van der Waals surface area contributed by atoms with Crippen molar-refractivity contribution in [2.45, 2.75) is 26.4 Å². The molecule has 0 bridgehead atoms. The van der Waals surface area contributed by atoms with Gasteiger partial charge in [0.05, 0.1) is 18.3 Å². The van der Waals surface area contributed by atoms with Crippen LogP contribution in [0.5, 0.6) is 0 Å². The van der Waals surface area contributed by atoms with Crippen LogP contribution in [0.15, 0.2) is 24.4 Å². The topological polar surface area (TPSA) is 55.1 Å². The lowest BCUT2D eigenvalue weighted by molar-refractivity contribution is -0.144. The molecule has 2 rings (SSSR count). The third kappa shape index (κ3) is 3.07. The Hall–Kier alpha value is -2.31. The largest absolute Gasteiger partial charge is 0.481 e. The highest BCUT2D eigenvalue weighted by atomic mass is 19.4. The molecule has 112 valence electrons. The molecule has 1 aromatic carbocycles.